The van der Waals surface area contributed by atoms with E-state index >= 15 is 0 Å². The van der Waals surface area contributed by atoms with Crippen LogP contribution in [0.4, 0.5) is 0 Å². The quantitative estimate of drug-likeness (QED) is 0.941. The molecule has 2 aromatic rings. The van der Waals surface area contributed by atoms with E-state index < -0.39 is 0 Å². The Hall–Kier alpha value is -1.26. The molecular weight excluding hydrogens is 278 g/mol. The van der Waals surface area contributed by atoms with E-state index in [0.29, 0.717) is 0 Å². The molecule has 2 heterocycles. The first-order valence-electron chi connectivity index (χ1n) is 5.48. The maximum atomic E-state index is 6.12. The molecule has 0 amide bonds. The standard InChI is InChI=1S/C13H14BrN3/c14-12-5-11(8-17-9-12)7-13(15)6-10-1-3-16-4-2-10/h1-5,8-9,13H,6-7,15H2. The van der Waals surface area contributed by atoms with Gasteiger partial charge in [-0.15, -0.1) is 0 Å². The average Bonchev–Trinajstić information content (AvgIpc) is 2.30. The fourth-order valence-corrected chi connectivity index (χ4v) is 2.18. The molecule has 0 aliphatic heterocycles. The van der Waals surface area contributed by atoms with Crippen LogP contribution in [0.1, 0.15) is 11.1 Å². The minimum Gasteiger partial charge on any atom is -0.327 e. The third-order valence-electron chi connectivity index (χ3n) is 2.51. The summed E-state index contributed by atoms with van der Waals surface area (Å²) < 4.78 is 0.992. The second kappa shape index (κ2) is 5.89. The fraction of sp³-hybridized carbons (Fsp3) is 0.231. The Labute approximate surface area is 109 Å². The van der Waals surface area contributed by atoms with Crippen LogP contribution < -0.4 is 5.73 Å². The van der Waals surface area contributed by atoms with Gasteiger partial charge >= 0.3 is 0 Å². The number of halogens is 1. The van der Waals surface area contributed by atoms with Crippen LogP contribution in [0.15, 0.2) is 47.5 Å². The topological polar surface area (TPSA) is 51.8 Å². The van der Waals surface area contributed by atoms with E-state index in [1.54, 1.807) is 18.6 Å². The first-order chi connectivity index (χ1) is 8.24. The highest BCUT2D eigenvalue weighted by Crippen LogP contribution is 2.12. The Kier molecular flexibility index (Phi) is 4.23. The van der Waals surface area contributed by atoms with Gasteiger partial charge in [-0.1, -0.05) is 0 Å². The molecule has 88 valence electrons. The van der Waals surface area contributed by atoms with Crippen molar-refractivity contribution in [1.82, 2.24) is 9.97 Å². The Morgan fingerprint density at radius 3 is 2.47 bits per heavy atom. The minimum atomic E-state index is 0.105. The van der Waals surface area contributed by atoms with Crippen molar-refractivity contribution in [3.8, 4) is 0 Å². The SMILES string of the molecule is NC(Cc1ccncc1)Cc1cncc(Br)c1. The minimum absolute atomic E-state index is 0.105. The van der Waals surface area contributed by atoms with E-state index in [1.165, 1.54) is 5.56 Å². The van der Waals surface area contributed by atoms with Crippen LogP contribution >= 0.6 is 15.9 Å². The lowest BCUT2D eigenvalue weighted by atomic mass is 10.0. The Morgan fingerprint density at radius 2 is 1.76 bits per heavy atom. The molecule has 0 aromatic carbocycles. The van der Waals surface area contributed by atoms with E-state index in [1.807, 2.05) is 18.3 Å². The highest BCUT2D eigenvalue weighted by atomic mass is 79.9. The summed E-state index contributed by atoms with van der Waals surface area (Å²) in [7, 11) is 0. The second-order valence-corrected chi connectivity index (χ2v) is 4.95. The molecule has 0 fully saturated rings. The molecule has 0 bridgehead atoms. The summed E-state index contributed by atoms with van der Waals surface area (Å²) in [5, 5.41) is 0. The largest absolute Gasteiger partial charge is 0.327 e. The maximum absolute atomic E-state index is 6.12. The van der Waals surface area contributed by atoms with Crippen LogP contribution in [-0.2, 0) is 12.8 Å². The van der Waals surface area contributed by atoms with Crippen molar-refractivity contribution in [2.24, 2.45) is 5.73 Å². The van der Waals surface area contributed by atoms with E-state index in [2.05, 4.69) is 32.0 Å². The Morgan fingerprint density at radius 1 is 1.06 bits per heavy atom. The van der Waals surface area contributed by atoms with Crippen LogP contribution in [0.25, 0.3) is 0 Å². The molecule has 0 aliphatic rings. The third-order valence-corrected chi connectivity index (χ3v) is 2.94. The number of aromatic nitrogens is 2. The average molecular weight is 292 g/mol. The summed E-state index contributed by atoms with van der Waals surface area (Å²) in [6.07, 6.45) is 8.91. The van der Waals surface area contributed by atoms with Crippen molar-refractivity contribution in [3.63, 3.8) is 0 Å². The zero-order chi connectivity index (χ0) is 12.1. The fourth-order valence-electron chi connectivity index (χ4n) is 1.76. The van der Waals surface area contributed by atoms with Gasteiger partial charge in [0, 0.05) is 35.3 Å². The molecule has 17 heavy (non-hydrogen) atoms. The summed E-state index contributed by atoms with van der Waals surface area (Å²) in [5.74, 6) is 0. The van der Waals surface area contributed by atoms with E-state index in [9.17, 15) is 0 Å². The zero-order valence-electron chi connectivity index (χ0n) is 9.38. The van der Waals surface area contributed by atoms with Gasteiger partial charge in [-0.3, -0.25) is 9.97 Å². The molecule has 1 atom stereocenters. The second-order valence-electron chi connectivity index (χ2n) is 4.04. The van der Waals surface area contributed by atoms with Gasteiger partial charge in [0.2, 0.25) is 0 Å². The summed E-state index contributed by atoms with van der Waals surface area (Å²) in [5.41, 5.74) is 8.50. The first kappa shape index (κ1) is 12.2. The molecule has 0 saturated heterocycles. The smallest absolute Gasteiger partial charge is 0.0410 e. The molecule has 2 aromatic heterocycles. The summed E-state index contributed by atoms with van der Waals surface area (Å²) in [6.45, 7) is 0. The predicted octanol–water partition coefficient (Wildman–Crippen LogP) is 2.35. The molecule has 0 saturated carbocycles. The molecule has 3 nitrogen and oxygen atoms in total. The molecular formula is C13H14BrN3. The van der Waals surface area contributed by atoms with Gasteiger partial charge < -0.3 is 5.73 Å². The van der Waals surface area contributed by atoms with Gasteiger partial charge in [0.25, 0.3) is 0 Å². The van der Waals surface area contributed by atoms with Gasteiger partial charge in [-0.05, 0) is 58.1 Å². The van der Waals surface area contributed by atoms with Crippen LogP contribution in [0.5, 0.6) is 0 Å². The third kappa shape index (κ3) is 3.91. The van der Waals surface area contributed by atoms with Crippen molar-refractivity contribution in [1.29, 1.82) is 0 Å². The Bertz CT molecular complexity index is 473. The number of hydrogen-bond acceptors (Lipinski definition) is 3. The van der Waals surface area contributed by atoms with Gasteiger partial charge in [0.15, 0.2) is 0 Å². The highest BCUT2D eigenvalue weighted by molar-refractivity contribution is 9.10. The lowest BCUT2D eigenvalue weighted by Gasteiger charge is -2.11. The molecule has 4 heteroatoms. The monoisotopic (exact) mass is 291 g/mol. The summed E-state index contributed by atoms with van der Waals surface area (Å²) in [6, 6.07) is 6.16. The Balaban J connectivity index is 1.96. The zero-order valence-corrected chi connectivity index (χ0v) is 11.0. The predicted molar refractivity (Wildman–Crippen MR) is 71.6 cm³/mol. The summed E-state index contributed by atoms with van der Waals surface area (Å²) >= 11 is 3.41. The molecule has 0 spiro atoms. The number of nitrogens with two attached hydrogens (primary N) is 1. The summed E-state index contributed by atoms with van der Waals surface area (Å²) in [4.78, 5) is 8.12. The molecule has 2 N–H and O–H groups in total. The number of pyridine rings is 2. The number of hydrogen-bond donors (Lipinski definition) is 1. The van der Waals surface area contributed by atoms with Gasteiger partial charge in [0.1, 0.15) is 0 Å². The van der Waals surface area contributed by atoms with Crippen molar-refractivity contribution in [2.45, 2.75) is 18.9 Å². The van der Waals surface area contributed by atoms with E-state index in [0.717, 1.165) is 22.9 Å². The van der Waals surface area contributed by atoms with Crippen molar-refractivity contribution < 1.29 is 0 Å². The normalized spacial score (nSPS) is 12.4. The molecule has 2 rings (SSSR count). The van der Waals surface area contributed by atoms with Crippen LogP contribution in [0.3, 0.4) is 0 Å². The van der Waals surface area contributed by atoms with Crippen LogP contribution in [-0.4, -0.2) is 16.0 Å². The first-order valence-corrected chi connectivity index (χ1v) is 6.27. The number of nitrogens with zero attached hydrogens (tertiary/aromatic N) is 2. The van der Waals surface area contributed by atoms with Crippen molar-refractivity contribution in [2.75, 3.05) is 0 Å². The van der Waals surface area contributed by atoms with E-state index in [4.69, 9.17) is 5.73 Å². The maximum Gasteiger partial charge on any atom is 0.0410 e. The van der Waals surface area contributed by atoms with Crippen molar-refractivity contribution >= 4 is 15.9 Å². The van der Waals surface area contributed by atoms with Crippen LogP contribution in [0.2, 0.25) is 0 Å². The van der Waals surface area contributed by atoms with Crippen LogP contribution in [0, 0.1) is 0 Å². The number of rotatable bonds is 4. The van der Waals surface area contributed by atoms with Gasteiger partial charge in [-0.2, -0.15) is 0 Å². The van der Waals surface area contributed by atoms with Crippen molar-refractivity contribution in [3.05, 3.63) is 58.6 Å². The highest BCUT2D eigenvalue weighted by Gasteiger charge is 2.06. The van der Waals surface area contributed by atoms with Gasteiger partial charge in [-0.25, -0.2) is 0 Å². The molecule has 0 radical (unpaired) electrons. The lowest BCUT2D eigenvalue weighted by Crippen LogP contribution is -2.25. The molecule has 0 aliphatic carbocycles. The lowest BCUT2D eigenvalue weighted by molar-refractivity contribution is 0.662. The molecule has 1 unspecified atom stereocenters. The van der Waals surface area contributed by atoms with E-state index in [-0.39, 0.29) is 6.04 Å². The van der Waals surface area contributed by atoms with Gasteiger partial charge in [0.05, 0.1) is 0 Å².